The van der Waals surface area contributed by atoms with Crippen LogP contribution in [0.25, 0.3) is 6.08 Å². The lowest BCUT2D eigenvalue weighted by Gasteiger charge is -2.19. The highest BCUT2D eigenvalue weighted by Crippen LogP contribution is 2.38. The van der Waals surface area contributed by atoms with Crippen LogP contribution >= 0.6 is 23.2 Å². The Kier molecular flexibility index (Phi) is 6.11. The van der Waals surface area contributed by atoms with E-state index in [0.717, 1.165) is 0 Å². The summed E-state index contributed by atoms with van der Waals surface area (Å²) in [6.45, 7) is 0.899. The maximum Gasteiger partial charge on any atom is 0.254 e. The van der Waals surface area contributed by atoms with Crippen LogP contribution in [0, 0.1) is 0 Å². The quantitative estimate of drug-likeness (QED) is 0.755. The number of carbonyl (C=O) groups is 2. The van der Waals surface area contributed by atoms with Gasteiger partial charge in [0.25, 0.3) is 5.91 Å². The first kappa shape index (κ1) is 20.0. The van der Waals surface area contributed by atoms with Gasteiger partial charge in [-0.05, 0) is 42.0 Å². The second-order valence-corrected chi connectivity index (χ2v) is 7.06. The summed E-state index contributed by atoms with van der Waals surface area (Å²) in [5.74, 6) is 0.496. The Morgan fingerprint density at radius 2 is 1.82 bits per heavy atom. The number of hydrogen-bond donors (Lipinski definition) is 1. The van der Waals surface area contributed by atoms with Gasteiger partial charge in [0.05, 0.1) is 15.6 Å². The Labute approximate surface area is 172 Å². The van der Waals surface area contributed by atoms with Gasteiger partial charge in [-0.15, -0.1) is 0 Å². The number of halogens is 2. The second-order valence-electron chi connectivity index (χ2n) is 6.24. The van der Waals surface area contributed by atoms with Crippen molar-refractivity contribution < 1.29 is 19.1 Å². The molecule has 0 spiro atoms. The molecule has 2 aromatic rings. The molecule has 28 heavy (non-hydrogen) atoms. The topological polar surface area (TPSA) is 67.9 Å². The lowest BCUT2D eigenvalue weighted by atomic mass is 10.1. The maximum atomic E-state index is 12.2. The first-order chi connectivity index (χ1) is 13.3. The molecule has 1 heterocycles. The number of ether oxygens (including phenoxy) is 2. The molecule has 146 valence electrons. The van der Waals surface area contributed by atoms with Crippen molar-refractivity contribution in [3.05, 3.63) is 57.6 Å². The predicted molar refractivity (Wildman–Crippen MR) is 110 cm³/mol. The number of fused-ring (bicyclic) bond motifs is 1. The third-order valence-corrected chi connectivity index (χ3v) is 4.51. The summed E-state index contributed by atoms with van der Waals surface area (Å²) in [7, 11) is 3.28. The number of anilines is 1. The molecular formula is C20H18Cl2N2O4. The second kappa shape index (κ2) is 8.54. The molecular weight excluding hydrogens is 403 g/mol. The van der Waals surface area contributed by atoms with Gasteiger partial charge in [-0.3, -0.25) is 9.59 Å². The van der Waals surface area contributed by atoms with E-state index in [1.54, 1.807) is 44.4 Å². The van der Waals surface area contributed by atoms with Crippen molar-refractivity contribution in [2.45, 2.75) is 0 Å². The first-order valence-corrected chi connectivity index (χ1v) is 9.20. The molecule has 0 saturated carbocycles. The molecule has 2 amide bonds. The van der Waals surface area contributed by atoms with Crippen LogP contribution in [0.15, 0.2) is 36.4 Å². The van der Waals surface area contributed by atoms with E-state index in [0.29, 0.717) is 46.5 Å². The minimum absolute atomic E-state index is 0.210. The zero-order valence-electron chi connectivity index (χ0n) is 15.3. The molecule has 0 bridgehead atoms. The summed E-state index contributed by atoms with van der Waals surface area (Å²) in [6, 6.07) is 8.17. The fraction of sp³-hybridized carbons (Fsp3) is 0.200. The van der Waals surface area contributed by atoms with Crippen LogP contribution in [0.4, 0.5) is 5.69 Å². The molecule has 0 aliphatic carbocycles. The predicted octanol–water partition coefficient (Wildman–Crippen LogP) is 4.12. The van der Waals surface area contributed by atoms with Crippen LogP contribution in [0.5, 0.6) is 11.5 Å². The molecule has 0 unspecified atom stereocenters. The summed E-state index contributed by atoms with van der Waals surface area (Å²) < 4.78 is 11.0. The smallest absolute Gasteiger partial charge is 0.254 e. The van der Waals surface area contributed by atoms with Gasteiger partial charge < -0.3 is 19.7 Å². The number of hydrogen-bond acceptors (Lipinski definition) is 4. The van der Waals surface area contributed by atoms with Crippen LogP contribution in [-0.2, 0) is 4.79 Å². The van der Waals surface area contributed by atoms with Crippen LogP contribution in [-0.4, -0.2) is 44.0 Å². The van der Waals surface area contributed by atoms with Crippen LogP contribution < -0.4 is 14.8 Å². The Morgan fingerprint density at radius 1 is 1.07 bits per heavy atom. The van der Waals surface area contributed by atoms with Crippen molar-refractivity contribution in [3.8, 4) is 11.5 Å². The average Bonchev–Trinajstić information content (AvgIpc) is 2.66. The van der Waals surface area contributed by atoms with E-state index >= 15 is 0 Å². The van der Waals surface area contributed by atoms with E-state index in [9.17, 15) is 9.59 Å². The van der Waals surface area contributed by atoms with E-state index in [4.69, 9.17) is 32.7 Å². The number of amides is 2. The monoisotopic (exact) mass is 420 g/mol. The third kappa shape index (κ3) is 4.58. The number of benzene rings is 2. The standard InChI is InChI=1S/C20H18Cl2N2O4/c1-24(2)20(26)14-5-4-13(11-15(14)21)23-18(25)6-3-12-9-16(22)19-17(10-12)27-7-8-28-19/h3-6,9-11H,7-8H2,1-2H3,(H,23,25). The average molecular weight is 421 g/mol. The van der Waals surface area contributed by atoms with Crippen LogP contribution in [0.3, 0.4) is 0 Å². The van der Waals surface area contributed by atoms with Crippen molar-refractivity contribution in [3.63, 3.8) is 0 Å². The zero-order valence-corrected chi connectivity index (χ0v) is 16.8. The molecule has 3 rings (SSSR count). The summed E-state index contributed by atoms with van der Waals surface area (Å²) in [5.41, 5.74) is 1.55. The van der Waals surface area contributed by atoms with Crippen molar-refractivity contribution in [1.29, 1.82) is 0 Å². The molecule has 1 N–H and O–H groups in total. The van der Waals surface area contributed by atoms with Gasteiger partial charge in [0.2, 0.25) is 5.91 Å². The molecule has 0 aromatic heterocycles. The molecule has 1 aliphatic rings. The fourth-order valence-electron chi connectivity index (χ4n) is 2.59. The SMILES string of the molecule is CN(C)C(=O)c1ccc(NC(=O)C=Cc2cc(Cl)c3c(c2)OCCO3)cc1Cl. The van der Waals surface area contributed by atoms with Crippen molar-refractivity contribution >= 4 is 46.8 Å². The first-order valence-electron chi connectivity index (χ1n) is 8.44. The lowest BCUT2D eigenvalue weighted by molar-refractivity contribution is -0.111. The zero-order chi connectivity index (χ0) is 20.3. The summed E-state index contributed by atoms with van der Waals surface area (Å²) in [6.07, 6.45) is 2.99. The molecule has 0 fully saturated rings. The molecule has 6 nitrogen and oxygen atoms in total. The number of nitrogens with zero attached hydrogens (tertiary/aromatic N) is 1. The lowest BCUT2D eigenvalue weighted by Crippen LogP contribution is -2.22. The molecule has 0 radical (unpaired) electrons. The van der Waals surface area contributed by atoms with Gasteiger partial charge in [0.1, 0.15) is 13.2 Å². The number of nitrogens with one attached hydrogen (secondary N) is 1. The normalized spacial score (nSPS) is 12.7. The van der Waals surface area contributed by atoms with E-state index in [2.05, 4.69) is 5.32 Å². The third-order valence-electron chi connectivity index (χ3n) is 3.92. The number of rotatable bonds is 4. The molecule has 1 aliphatic heterocycles. The Hall–Kier alpha value is -2.70. The minimum atomic E-state index is -0.353. The van der Waals surface area contributed by atoms with Crippen molar-refractivity contribution in [2.24, 2.45) is 0 Å². The molecule has 0 saturated heterocycles. The van der Waals surface area contributed by atoms with E-state index in [1.807, 2.05) is 0 Å². The summed E-state index contributed by atoms with van der Waals surface area (Å²) >= 11 is 12.3. The summed E-state index contributed by atoms with van der Waals surface area (Å²) in [5, 5.41) is 3.39. The Bertz CT molecular complexity index is 957. The largest absolute Gasteiger partial charge is 0.486 e. The van der Waals surface area contributed by atoms with Gasteiger partial charge >= 0.3 is 0 Å². The Balaban J connectivity index is 1.70. The van der Waals surface area contributed by atoms with Crippen molar-refractivity contribution in [1.82, 2.24) is 4.90 Å². The minimum Gasteiger partial charge on any atom is -0.486 e. The summed E-state index contributed by atoms with van der Waals surface area (Å²) in [4.78, 5) is 25.6. The number of carbonyl (C=O) groups excluding carboxylic acids is 2. The van der Waals surface area contributed by atoms with Gasteiger partial charge in [-0.25, -0.2) is 0 Å². The Morgan fingerprint density at radius 3 is 2.54 bits per heavy atom. The van der Waals surface area contributed by atoms with Crippen molar-refractivity contribution in [2.75, 3.05) is 32.6 Å². The van der Waals surface area contributed by atoms with Gasteiger partial charge in [0.15, 0.2) is 11.5 Å². The van der Waals surface area contributed by atoms with Gasteiger partial charge in [-0.2, -0.15) is 0 Å². The highest BCUT2D eigenvalue weighted by molar-refractivity contribution is 6.34. The molecule has 8 heteroatoms. The van der Waals surface area contributed by atoms with E-state index in [-0.39, 0.29) is 16.8 Å². The van der Waals surface area contributed by atoms with Gasteiger partial charge in [0, 0.05) is 25.9 Å². The highest BCUT2D eigenvalue weighted by Gasteiger charge is 2.16. The van der Waals surface area contributed by atoms with Gasteiger partial charge in [-0.1, -0.05) is 23.2 Å². The van der Waals surface area contributed by atoms with Crippen LogP contribution in [0.2, 0.25) is 10.0 Å². The molecule has 0 atom stereocenters. The van der Waals surface area contributed by atoms with E-state index < -0.39 is 0 Å². The maximum absolute atomic E-state index is 12.2. The van der Waals surface area contributed by atoms with E-state index in [1.165, 1.54) is 17.0 Å². The van der Waals surface area contributed by atoms with Crippen LogP contribution in [0.1, 0.15) is 15.9 Å². The fourth-order valence-corrected chi connectivity index (χ4v) is 3.13. The molecule has 2 aromatic carbocycles. The highest BCUT2D eigenvalue weighted by atomic mass is 35.5.